The van der Waals surface area contributed by atoms with Gasteiger partial charge in [0.25, 0.3) is 11.8 Å². The van der Waals surface area contributed by atoms with Crippen LogP contribution >= 0.6 is 0 Å². The second-order valence-corrected chi connectivity index (χ2v) is 6.53. The number of aryl methyl sites for hydroxylation is 2. The molecule has 2 N–H and O–H groups in total. The number of hydrogen-bond donors (Lipinski definition) is 2. The molecule has 4 amide bonds. The van der Waals surface area contributed by atoms with Gasteiger partial charge in [-0.15, -0.1) is 0 Å². The van der Waals surface area contributed by atoms with Crippen molar-refractivity contribution >= 4 is 17.8 Å². The number of nitrogens with zero attached hydrogens (tertiary/aromatic N) is 3. The zero-order valence-electron chi connectivity index (χ0n) is 14.7. The van der Waals surface area contributed by atoms with Crippen LogP contribution in [0.3, 0.4) is 0 Å². The molecule has 1 atom stereocenters. The van der Waals surface area contributed by atoms with Gasteiger partial charge in [0, 0.05) is 12.4 Å². The molecule has 1 aliphatic heterocycles. The van der Waals surface area contributed by atoms with Crippen LogP contribution in [-0.4, -0.2) is 37.9 Å². The molecule has 0 bridgehead atoms. The summed E-state index contributed by atoms with van der Waals surface area (Å²) in [6.07, 6.45) is 4.32. The third kappa shape index (κ3) is 3.58. The monoisotopic (exact) mass is 355 g/mol. The van der Waals surface area contributed by atoms with Crippen molar-refractivity contribution < 1.29 is 14.4 Å². The minimum atomic E-state index is -1.05. The first-order valence-electron chi connectivity index (χ1n) is 8.37. The van der Waals surface area contributed by atoms with Crippen LogP contribution in [0.2, 0.25) is 0 Å². The first-order chi connectivity index (χ1) is 12.4. The molecule has 0 radical (unpaired) electrons. The van der Waals surface area contributed by atoms with Crippen LogP contribution in [-0.2, 0) is 22.6 Å². The van der Waals surface area contributed by atoms with Gasteiger partial charge in [-0.3, -0.25) is 15.0 Å². The molecule has 1 saturated heterocycles. The third-order valence-corrected chi connectivity index (χ3v) is 4.49. The molecule has 0 saturated carbocycles. The van der Waals surface area contributed by atoms with Crippen LogP contribution in [0.25, 0.3) is 0 Å². The molecule has 1 aromatic carbocycles. The second kappa shape index (κ2) is 6.99. The average Bonchev–Trinajstić information content (AvgIpc) is 3.11. The number of benzene rings is 1. The van der Waals surface area contributed by atoms with E-state index in [0.717, 1.165) is 10.6 Å². The molecule has 8 nitrogen and oxygen atoms in total. The third-order valence-electron chi connectivity index (χ3n) is 4.49. The summed E-state index contributed by atoms with van der Waals surface area (Å²) in [4.78, 5) is 41.0. The molecule has 8 heteroatoms. The lowest BCUT2D eigenvalue weighted by Crippen LogP contribution is -2.49. The number of imide groups is 1. The van der Waals surface area contributed by atoms with Crippen molar-refractivity contribution in [3.63, 3.8) is 0 Å². The normalized spacial score (nSPS) is 19.5. The Kier molecular flexibility index (Phi) is 4.75. The van der Waals surface area contributed by atoms with E-state index >= 15 is 0 Å². The summed E-state index contributed by atoms with van der Waals surface area (Å²) < 4.78 is 1.63. The molecule has 136 valence electrons. The number of rotatable bonds is 6. The molecular formula is C18H21N5O3. The summed E-state index contributed by atoms with van der Waals surface area (Å²) in [6, 6.07) is 9.10. The van der Waals surface area contributed by atoms with Crippen molar-refractivity contribution in [1.29, 1.82) is 0 Å². The van der Waals surface area contributed by atoms with Crippen LogP contribution in [0, 0.1) is 6.92 Å². The van der Waals surface area contributed by atoms with Crippen LogP contribution in [0.1, 0.15) is 24.7 Å². The van der Waals surface area contributed by atoms with Crippen molar-refractivity contribution in [1.82, 2.24) is 25.3 Å². The van der Waals surface area contributed by atoms with E-state index in [1.807, 2.05) is 30.3 Å². The standard InChI is InChI=1S/C18H21N5O3/c1-13-19-10-11-22(13)12-15(24)21-23-16(25)18(2,20-17(23)26)9-8-14-6-4-3-5-7-14/h3-7,10-11H,8-9,12H2,1-2H3,(H,20,26)(H,21,24)/t18-/m0/s1. The minimum absolute atomic E-state index is 0.0242. The van der Waals surface area contributed by atoms with Gasteiger partial charge in [0.15, 0.2) is 0 Å². The van der Waals surface area contributed by atoms with E-state index in [-0.39, 0.29) is 6.54 Å². The van der Waals surface area contributed by atoms with E-state index in [4.69, 9.17) is 0 Å². The van der Waals surface area contributed by atoms with Crippen molar-refractivity contribution in [3.8, 4) is 0 Å². The Balaban J connectivity index is 1.62. The Morgan fingerprint density at radius 2 is 2.00 bits per heavy atom. The van der Waals surface area contributed by atoms with Gasteiger partial charge < -0.3 is 9.88 Å². The van der Waals surface area contributed by atoms with E-state index in [2.05, 4.69) is 15.7 Å². The Morgan fingerprint density at radius 1 is 1.27 bits per heavy atom. The lowest BCUT2D eigenvalue weighted by Gasteiger charge is -2.21. The van der Waals surface area contributed by atoms with E-state index in [9.17, 15) is 14.4 Å². The van der Waals surface area contributed by atoms with Gasteiger partial charge in [-0.1, -0.05) is 30.3 Å². The molecule has 2 aromatic rings. The highest BCUT2D eigenvalue weighted by Crippen LogP contribution is 2.22. The summed E-state index contributed by atoms with van der Waals surface area (Å²) in [5.41, 5.74) is 2.41. The second-order valence-electron chi connectivity index (χ2n) is 6.53. The highest BCUT2D eigenvalue weighted by atomic mass is 16.2. The molecule has 3 rings (SSSR count). The fourth-order valence-corrected chi connectivity index (χ4v) is 2.88. The molecule has 1 aliphatic rings. The predicted octanol–water partition coefficient (Wildman–Crippen LogP) is 1.17. The van der Waals surface area contributed by atoms with Gasteiger partial charge in [-0.05, 0) is 32.3 Å². The highest BCUT2D eigenvalue weighted by Gasteiger charge is 2.48. The molecular weight excluding hydrogens is 334 g/mol. The molecule has 26 heavy (non-hydrogen) atoms. The lowest BCUT2D eigenvalue weighted by molar-refractivity contribution is -0.139. The number of carbonyl (C=O) groups excluding carboxylic acids is 3. The SMILES string of the molecule is Cc1nccn1CC(=O)NN1C(=O)N[C@@](C)(CCc2ccccc2)C1=O. The zero-order valence-corrected chi connectivity index (χ0v) is 14.7. The van der Waals surface area contributed by atoms with Crippen LogP contribution in [0.15, 0.2) is 42.7 Å². The van der Waals surface area contributed by atoms with Gasteiger partial charge in [0.1, 0.15) is 17.9 Å². The van der Waals surface area contributed by atoms with Crippen molar-refractivity contribution in [2.45, 2.75) is 38.8 Å². The Morgan fingerprint density at radius 3 is 2.65 bits per heavy atom. The quantitative estimate of drug-likeness (QED) is 0.760. The minimum Gasteiger partial charge on any atom is -0.326 e. The largest absolute Gasteiger partial charge is 0.344 e. The smallest absolute Gasteiger partial charge is 0.326 e. The van der Waals surface area contributed by atoms with Crippen molar-refractivity contribution in [2.75, 3.05) is 0 Å². The number of aromatic nitrogens is 2. The first kappa shape index (κ1) is 17.7. The van der Waals surface area contributed by atoms with Crippen LogP contribution in [0.5, 0.6) is 0 Å². The van der Waals surface area contributed by atoms with Gasteiger partial charge >= 0.3 is 6.03 Å². The predicted molar refractivity (Wildman–Crippen MR) is 93.7 cm³/mol. The fraction of sp³-hybridized carbons (Fsp3) is 0.333. The average molecular weight is 355 g/mol. The Bertz CT molecular complexity index is 832. The maximum Gasteiger partial charge on any atom is 0.344 e. The summed E-state index contributed by atoms with van der Waals surface area (Å²) >= 11 is 0. The molecule has 0 aliphatic carbocycles. The molecule has 1 aromatic heterocycles. The summed E-state index contributed by atoms with van der Waals surface area (Å²) in [7, 11) is 0. The molecule has 1 fully saturated rings. The van der Waals surface area contributed by atoms with E-state index < -0.39 is 23.4 Å². The number of amides is 4. The Labute approximate surface area is 151 Å². The zero-order chi connectivity index (χ0) is 18.7. The van der Waals surface area contributed by atoms with Gasteiger partial charge in [-0.25, -0.2) is 9.78 Å². The number of hydrogen-bond acceptors (Lipinski definition) is 4. The number of urea groups is 1. The molecule has 0 spiro atoms. The van der Waals surface area contributed by atoms with Gasteiger partial charge in [-0.2, -0.15) is 5.01 Å². The number of carbonyl (C=O) groups is 3. The summed E-state index contributed by atoms with van der Waals surface area (Å²) in [5.74, 6) is -0.263. The van der Waals surface area contributed by atoms with E-state index in [0.29, 0.717) is 18.7 Å². The van der Waals surface area contributed by atoms with Crippen molar-refractivity contribution in [2.24, 2.45) is 0 Å². The van der Waals surface area contributed by atoms with Crippen LogP contribution < -0.4 is 10.7 Å². The number of nitrogens with one attached hydrogen (secondary N) is 2. The van der Waals surface area contributed by atoms with Crippen LogP contribution in [0.4, 0.5) is 4.79 Å². The topological polar surface area (TPSA) is 96.3 Å². The maximum atomic E-state index is 12.7. The van der Waals surface area contributed by atoms with E-state index in [1.165, 1.54) is 0 Å². The van der Waals surface area contributed by atoms with Crippen molar-refractivity contribution in [3.05, 3.63) is 54.1 Å². The summed E-state index contributed by atoms with van der Waals surface area (Å²) in [5, 5.41) is 3.44. The maximum absolute atomic E-state index is 12.7. The van der Waals surface area contributed by atoms with Gasteiger partial charge in [0.2, 0.25) is 0 Å². The highest BCUT2D eigenvalue weighted by molar-refractivity contribution is 6.07. The molecule has 0 unspecified atom stereocenters. The fourth-order valence-electron chi connectivity index (χ4n) is 2.88. The van der Waals surface area contributed by atoms with Gasteiger partial charge in [0.05, 0.1) is 0 Å². The lowest BCUT2D eigenvalue weighted by atomic mass is 9.93. The first-order valence-corrected chi connectivity index (χ1v) is 8.37. The summed E-state index contributed by atoms with van der Waals surface area (Å²) in [6.45, 7) is 3.41. The number of imidazole rings is 1. The Hall–Kier alpha value is -3.16. The van der Waals surface area contributed by atoms with E-state index in [1.54, 1.807) is 30.8 Å². The number of hydrazine groups is 1. The molecule has 2 heterocycles.